The molecule has 1 aliphatic heterocycles. The summed E-state index contributed by atoms with van der Waals surface area (Å²) in [6.45, 7) is 5.79. The lowest BCUT2D eigenvalue weighted by atomic mass is 9.87. The van der Waals surface area contributed by atoms with Gasteiger partial charge in [0.05, 0.1) is 32.4 Å². The predicted molar refractivity (Wildman–Crippen MR) is 101 cm³/mol. The third-order valence-corrected chi connectivity index (χ3v) is 5.74. The van der Waals surface area contributed by atoms with E-state index in [1.165, 1.54) is 7.11 Å². The molecule has 159 valence electrons. The average molecular weight is 418 g/mol. The lowest BCUT2D eigenvalue weighted by molar-refractivity contribution is -0.145. The van der Waals surface area contributed by atoms with Gasteiger partial charge in [0.2, 0.25) is 5.91 Å². The number of ether oxygens (including phenoxy) is 1. The smallest absolute Gasteiger partial charge is 0.378 e. The highest BCUT2D eigenvalue weighted by molar-refractivity contribution is 7.55. The van der Waals surface area contributed by atoms with Gasteiger partial charge < -0.3 is 14.9 Å². The van der Waals surface area contributed by atoms with Crippen molar-refractivity contribution in [2.75, 3.05) is 20.3 Å². The van der Waals surface area contributed by atoms with Crippen LogP contribution in [0.25, 0.3) is 0 Å². The molecule has 10 nitrogen and oxygen atoms in total. The predicted octanol–water partition coefficient (Wildman–Crippen LogP) is 1.29. The maximum absolute atomic E-state index is 12.5. The molecule has 0 saturated carbocycles. The van der Waals surface area contributed by atoms with E-state index >= 15 is 0 Å². The zero-order valence-electron chi connectivity index (χ0n) is 16.9. The number of esters is 1. The van der Waals surface area contributed by atoms with Gasteiger partial charge in [-0.05, 0) is 6.42 Å². The fourth-order valence-corrected chi connectivity index (χ4v) is 4.38. The van der Waals surface area contributed by atoms with Crippen molar-refractivity contribution >= 4 is 20.0 Å². The van der Waals surface area contributed by atoms with Gasteiger partial charge in [-0.25, -0.2) is 0 Å². The minimum absolute atomic E-state index is 0.0442. The fourth-order valence-electron chi connectivity index (χ4n) is 2.74. The van der Waals surface area contributed by atoms with Crippen molar-refractivity contribution in [3.63, 3.8) is 0 Å². The highest BCUT2D eigenvalue weighted by Gasteiger charge is 2.50. The van der Waals surface area contributed by atoms with Crippen LogP contribution in [0.2, 0.25) is 0 Å². The van der Waals surface area contributed by atoms with Gasteiger partial charge in [0.1, 0.15) is 0 Å². The van der Waals surface area contributed by atoms with Gasteiger partial charge in [-0.15, -0.1) is 0 Å². The van der Waals surface area contributed by atoms with Gasteiger partial charge in [0.15, 0.2) is 6.10 Å². The summed E-state index contributed by atoms with van der Waals surface area (Å²) in [7, 11) is -0.603. The number of hydrogen-bond acceptors (Lipinski definition) is 8. The first-order valence-electron chi connectivity index (χ1n) is 9.05. The van der Waals surface area contributed by atoms with Crippen molar-refractivity contribution in [3.8, 4) is 0 Å². The molecule has 1 fully saturated rings. The Morgan fingerprint density at radius 3 is 2.86 bits per heavy atom. The third-order valence-electron chi connectivity index (χ3n) is 4.35. The van der Waals surface area contributed by atoms with E-state index in [0.717, 1.165) is 17.7 Å². The van der Waals surface area contributed by atoms with Crippen molar-refractivity contribution < 1.29 is 32.8 Å². The quantitative estimate of drug-likeness (QED) is 0.479. The summed E-state index contributed by atoms with van der Waals surface area (Å²) in [4.78, 5) is 34.4. The molecule has 0 aliphatic carbocycles. The molecule has 2 heterocycles. The Morgan fingerprint density at radius 1 is 1.50 bits per heavy atom. The summed E-state index contributed by atoms with van der Waals surface area (Å²) >= 11 is 0. The van der Waals surface area contributed by atoms with Crippen LogP contribution in [-0.2, 0) is 48.0 Å². The molecule has 11 heteroatoms. The third kappa shape index (κ3) is 5.71. The lowest BCUT2D eigenvalue weighted by Crippen LogP contribution is -2.50. The van der Waals surface area contributed by atoms with Crippen molar-refractivity contribution in [3.05, 3.63) is 17.5 Å². The van der Waals surface area contributed by atoms with Gasteiger partial charge in [-0.3, -0.25) is 27.8 Å². The first-order valence-corrected chi connectivity index (χ1v) is 10.5. The fraction of sp³-hybridized carbons (Fsp3) is 0.706. The molecule has 1 aromatic rings. The summed E-state index contributed by atoms with van der Waals surface area (Å²) in [6, 6.07) is 0. The molecule has 1 radical (unpaired) electrons. The molecule has 1 saturated heterocycles. The van der Waals surface area contributed by atoms with Crippen LogP contribution < -0.4 is 5.32 Å². The number of nitrogens with one attached hydrogen (secondary N) is 1. The molecule has 1 aromatic heterocycles. The molecule has 2 rings (SSSR count). The molecule has 0 unspecified atom stereocenters. The number of nitrogens with zero attached hydrogens (tertiary/aromatic N) is 2. The van der Waals surface area contributed by atoms with E-state index in [0.29, 0.717) is 0 Å². The van der Waals surface area contributed by atoms with Gasteiger partial charge in [-0.1, -0.05) is 20.8 Å². The number of methoxy groups -OCH3 is 1. The Hall–Kier alpha value is -1.58. The van der Waals surface area contributed by atoms with E-state index in [-0.39, 0.29) is 26.2 Å². The second-order valence-electron chi connectivity index (χ2n) is 7.23. The summed E-state index contributed by atoms with van der Waals surface area (Å²) in [6.07, 6.45) is 1.58. The molecular formula is C17H29N3O7P. The van der Waals surface area contributed by atoms with E-state index in [1.807, 2.05) is 6.92 Å². The van der Waals surface area contributed by atoms with E-state index in [2.05, 4.69) is 15.2 Å². The summed E-state index contributed by atoms with van der Waals surface area (Å²) in [5.74, 6) is -0.877. The Balaban J connectivity index is 2.00. The number of hydrogen-bond donors (Lipinski definition) is 2. The zero-order chi connectivity index (χ0) is 20.9. The summed E-state index contributed by atoms with van der Waals surface area (Å²) < 4.78 is 22.8. The monoisotopic (exact) mass is 418 g/mol. The number of aryl methyl sites for hydroxylation is 2. The molecular weight excluding hydrogens is 389 g/mol. The van der Waals surface area contributed by atoms with Crippen LogP contribution in [-0.4, -0.2) is 52.9 Å². The van der Waals surface area contributed by atoms with Crippen LogP contribution in [0, 0.1) is 5.41 Å². The van der Waals surface area contributed by atoms with Crippen molar-refractivity contribution in [1.29, 1.82) is 0 Å². The molecule has 1 aliphatic rings. The second kappa shape index (κ2) is 9.28. The van der Waals surface area contributed by atoms with Gasteiger partial charge in [-0.2, -0.15) is 5.10 Å². The van der Waals surface area contributed by atoms with Crippen LogP contribution in [0.4, 0.5) is 0 Å². The average Bonchev–Trinajstić information content (AvgIpc) is 3.02. The van der Waals surface area contributed by atoms with Gasteiger partial charge >= 0.3 is 14.1 Å². The van der Waals surface area contributed by atoms with Crippen molar-refractivity contribution in [1.82, 2.24) is 15.1 Å². The molecule has 1 amide bonds. The maximum Gasteiger partial charge on any atom is 0.378 e. The Kier molecular flexibility index (Phi) is 7.52. The Labute approximate surface area is 165 Å². The van der Waals surface area contributed by atoms with Crippen LogP contribution in [0.3, 0.4) is 0 Å². The van der Waals surface area contributed by atoms with E-state index in [4.69, 9.17) is 13.6 Å². The van der Waals surface area contributed by atoms with E-state index < -0.39 is 31.6 Å². The second-order valence-corrected chi connectivity index (χ2v) is 8.90. The SMILES string of the molecule is CCc1nn(C)cc1CO[P@]1(O)OCC(C)(C)[C@H](C(=O)NCCC(=O)OC)O1. The van der Waals surface area contributed by atoms with Crippen molar-refractivity contribution in [2.45, 2.75) is 46.3 Å². The van der Waals surface area contributed by atoms with Crippen molar-refractivity contribution in [2.24, 2.45) is 12.5 Å². The van der Waals surface area contributed by atoms with Crippen LogP contribution in [0.15, 0.2) is 6.20 Å². The normalized spacial score (nSPS) is 24.0. The van der Waals surface area contributed by atoms with Gasteiger partial charge in [0.25, 0.3) is 0 Å². The Morgan fingerprint density at radius 2 is 2.21 bits per heavy atom. The van der Waals surface area contributed by atoms with E-state index in [9.17, 15) is 14.5 Å². The number of amides is 1. The van der Waals surface area contributed by atoms with Gasteiger partial charge in [0, 0.05) is 30.8 Å². The highest BCUT2D eigenvalue weighted by Crippen LogP contribution is 2.64. The molecule has 0 bridgehead atoms. The molecule has 0 aromatic carbocycles. The largest absolute Gasteiger partial charge is 0.469 e. The first-order chi connectivity index (χ1) is 13.1. The number of aromatic nitrogens is 2. The minimum atomic E-state index is -3.69. The minimum Gasteiger partial charge on any atom is -0.469 e. The number of carbonyl (C=O) groups is 2. The summed E-state index contributed by atoms with van der Waals surface area (Å²) in [5, 5.41) is 6.94. The Bertz CT molecular complexity index is 709. The number of carbonyl (C=O) groups excluding carboxylic acids is 2. The zero-order valence-corrected chi connectivity index (χ0v) is 17.8. The lowest BCUT2D eigenvalue weighted by Gasteiger charge is -2.44. The molecule has 2 atom stereocenters. The highest BCUT2D eigenvalue weighted by atomic mass is 31.2. The van der Waals surface area contributed by atoms with E-state index in [1.54, 1.807) is 31.8 Å². The number of rotatable bonds is 8. The maximum atomic E-state index is 12.5. The first kappa shape index (κ1) is 22.7. The van der Waals surface area contributed by atoms with Crippen LogP contribution in [0.5, 0.6) is 0 Å². The van der Waals surface area contributed by atoms with Crippen LogP contribution >= 0.6 is 8.17 Å². The standard InChI is InChI=1S/C17H29N3O7P/c1-6-13-12(9-20(4)19-13)10-25-28(23)26-11-17(2,3)15(27-28)16(22)18-8-7-14(21)24-5/h9,15,23H,6-8,10-11H2,1-5H3,(H,18,22)/t15-/m0/s1. The summed E-state index contributed by atoms with van der Waals surface area (Å²) in [5.41, 5.74) is 0.978. The molecule has 2 N–H and O–H groups in total. The molecule has 0 spiro atoms. The van der Waals surface area contributed by atoms with Crippen LogP contribution in [0.1, 0.15) is 38.4 Å². The molecule has 28 heavy (non-hydrogen) atoms. The topological polar surface area (TPSA) is 121 Å².